The number of nitrogens with zero attached hydrogens (tertiary/aromatic N) is 4. The average Bonchev–Trinajstić information content (AvgIpc) is 2.65. The molecule has 0 unspecified atom stereocenters. The molecule has 0 spiro atoms. The molecule has 0 radical (unpaired) electrons. The van der Waals surface area contributed by atoms with E-state index in [0.29, 0.717) is 0 Å². The third-order valence-corrected chi connectivity index (χ3v) is 2.41. The first kappa shape index (κ1) is 9.21. The van der Waals surface area contributed by atoms with E-state index in [4.69, 9.17) is 0 Å². The largest absolute Gasteiger partial charge is 0.244 e. The van der Waals surface area contributed by atoms with Crippen molar-refractivity contribution in [2.75, 3.05) is 6.26 Å². The van der Waals surface area contributed by atoms with Crippen LogP contribution < -0.4 is 0 Å². The predicted octanol–water partition coefficient (Wildman–Crippen LogP) is 1.69. The van der Waals surface area contributed by atoms with Crippen molar-refractivity contribution in [3.05, 3.63) is 30.4 Å². The Kier molecular flexibility index (Phi) is 2.49. The van der Waals surface area contributed by atoms with Gasteiger partial charge in [-0.15, -0.1) is 11.8 Å². The molecule has 0 aliphatic heterocycles. The SMILES string of the molecule is CSc1cnc(-n2ccc(C)n2)cn1. The molecule has 0 fully saturated rings. The Hall–Kier alpha value is -1.36. The van der Waals surface area contributed by atoms with Gasteiger partial charge < -0.3 is 0 Å². The fourth-order valence-electron chi connectivity index (χ4n) is 1.08. The van der Waals surface area contributed by atoms with Crippen molar-refractivity contribution in [3.8, 4) is 5.82 Å². The van der Waals surface area contributed by atoms with E-state index >= 15 is 0 Å². The summed E-state index contributed by atoms with van der Waals surface area (Å²) >= 11 is 1.57. The third kappa shape index (κ3) is 1.77. The molecule has 0 amide bonds. The van der Waals surface area contributed by atoms with Crippen LogP contribution in [0, 0.1) is 6.92 Å². The van der Waals surface area contributed by atoms with Gasteiger partial charge in [0.05, 0.1) is 18.1 Å². The monoisotopic (exact) mass is 206 g/mol. The number of thioether (sulfide) groups is 1. The highest BCUT2D eigenvalue weighted by Gasteiger charge is 1.99. The standard InChI is InChI=1S/C9H10N4S/c1-7-3-4-13(12-7)8-5-11-9(14-2)6-10-8/h3-6H,1-2H3. The zero-order valence-corrected chi connectivity index (χ0v) is 8.82. The van der Waals surface area contributed by atoms with E-state index in [0.717, 1.165) is 16.5 Å². The summed E-state index contributed by atoms with van der Waals surface area (Å²) in [6.07, 6.45) is 7.31. The average molecular weight is 206 g/mol. The van der Waals surface area contributed by atoms with E-state index < -0.39 is 0 Å². The van der Waals surface area contributed by atoms with Crippen molar-refractivity contribution in [1.29, 1.82) is 0 Å². The first-order chi connectivity index (χ1) is 6.79. The summed E-state index contributed by atoms with van der Waals surface area (Å²) in [6, 6.07) is 1.93. The van der Waals surface area contributed by atoms with Crippen LogP contribution in [0.25, 0.3) is 5.82 Å². The quantitative estimate of drug-likeness (QED) is 0.701. The van der Waals surface area contributed by atoms with Gasteiger partial charge in [-0.05, 0) is 19.2 Å². The third-order valence-electron chi connectivity index (χ3n) is 1.78. The molecule has 0 aromatic carbocycles. The topological polar surface area (TPSA) is 43.6 Å². The van der Waals surface area contributed by atoms with Crippen molar-refractivity contribution in [2.45, 2.75) is 11.9 Å². The molecule has 2 aromatic heterocycles. The lowest BCUT2D eigenvalue weighted by Gasteiger charge is -1.99. The zero-order chi connectivity index (χ0) is 9.97. The second-order valence-electron chi connectivity index (χ2n) is 2.82. The zero-order valence-electron chi connectivity index (χ0n) is 8.01. The van der Waals surface area contributed by atoms with E-state index in [2.05, 4.69) is 15.1 Å². The van der Waals surface area contributed by atoms with Crippen LogP contribution in [0.4, 0.5) is 0 Å². The maximum absolute atomic E-state index is 4.25. The summed E-state index contributed by atoms with van der Waals surface area (Å²) in [6.45, 7) is 1.94. The minimum Gasteiger partial charge on any atom is -0.244 e. The first-order valence-electron chi connectivity index (χ1n) is 4.18. The Morgan fingerprint density at radius 1 is 1.29 bits per heavy atom. The number of aromatic nitrogens is 4. The molecule has 0 saturated heterocycles. The predicted molar refractivity (Wildman–Crippen MR) is 55.7 cm³/mol. The Labute approximate surface area is 86.4 Å². The molecule has 0 saturated carbocycles. The highest BCUT2D eigenvalue weighted by molar-refractivity contribution is 7.98. The first-order valence-corrected chi connectivity index (χ1v) is 5.41. The molecule has 72 valence electrons. The molecule has 5 heteroatoms. The Morgan fingerprint density at radius 3 is 2.64 bits per heavy atom. The van der Waals surface area contributed by atoms with Crippen molar-refractivity contribution in [3.63, 3.8) is 0 Å². The number of aryl methyl sites for hydroxylation is 1. The van der Waals surface area contributed by atoms with E-state index in [1.807, 2.05) is 25.4 Å². The summed E-state index contributed by atoms with van der Waals surface area (Å²) in [4.78, 5) is 8.47. The van der Waals surface area contributed by atoms with E-state index in [-0.39, 0.29) is 0 Å². The van der Waals surface area contributed by atoms with Crippen LogP contribution in [0.5, 0.6) is 0 Å². The second-order valence-corrected chi connectivity index (χ2v) is 3.65. The summed E-state index contributed by atoms with van der Waals surface area (Å²) in [5.41, 5.74) is 0.973. The van der Waals surface area contributed by atoms with Gasteiger partial charge in [-0.25, -0.2) is 14.6 Å². The van der Waals surface area contributed by atoms with Crippen LogP contribution in [-0.2, 0) is 0 Å². The summed E-state index contributed by atoms with van der Waals surface area (Å²) in [7, 11) is 0. The van der Waals surface area contributed by atoms with Crippen LogP contribution in [0.3, 0.4) is 0 Å². The van der Waals surface area contributed by atoms with E-state index in [9.17, 15) is 0 Å². The van der Waals surface area contributed by atoms with Gasteiger partial charge in [0.15, 0.2) is 5.82 Å². The van der Waals surface area contributed by atoms with Crippen LogP contribution in [0.1, 0.15) is 5.69 Å². The van der Waals surface area contributed by atoms with Crippen LogP contribution in [0.15, 0.2) is 29.7 Å². The van der Waals surface area contributed by atoms with Gasteiger partial charge in [0.1, 0.15) is 5.03 Å². The van der Waals surface area contributed by atoms with Crippen molar-refractivity contribution >= 4 is 11.8 Å². The van der Waals surface area contributed by atoms with E-state index in [1.54, 1.807) is 28.8 Å². The molecule has 0 bridgehead atoms. The van der Waals surface area contributed by atoms with Crippen molar-refractivity contribution in [1.82, 2.24) is 19.7 Å². The van der Waals surface area contributed by atoms with Crippen molar-refractivity contribution < 1.29 is 0 Å². The molecule has 0 atom stereocenters. The smallest absolute Gasteiger partial charge is 0.171 e. The summed E-state index contributed by atoms with van der Waals surface area (Å²) in [5, 5.41) is 5.16. The molecule has 2 aromatic rings. The van der Waals surface area contributed by atoms with Gasteiger partial charge in [0.25, 0.3) is 0 Å². The molecular weight excluding hydrogens is 196 g/mol. The van der Waals surface area contributed by atoms with Gasteiger partial charge >= 0.3 is 0 Å². The minimum absolute atomic E-state index is 0.746. The maximum atomic E-state index is 4.25. The van der Waals surface area contributed by atoms with Gasteiger partial charge in [-0.1, -0.05) is 0 Å². The molecule has 4 nitrogen and oxygen atoms in total. The number of hydrogen-bond donors (Lipinski definition) is 0. The maximum Gasteiger partial charge on any atom is 0.171 e. The van der Waals surface area contributed by atoms with E-state index in [1.165, 1.54) is 0 Å². The van der Waals surface area contributed by atoms with Gasteiger partial charge in [-0.2, -0.15) is 5.10 Å². The fraction of sp³-hybridized carbons (Fsp3) is 0.222. The molecular formula is C9H10N4S. The molecule has 2 rings (SSSR count). The van der Waals surface area contributed by atoms with Crippen LogP contribution in [-0.4, -0.2) is 26.0 Å². The molecule has 0 aliphatic rings. The molecule has 14 heavy (non-hydrogen) atoms. The number of hydrogen-bond acceptors (Lipinski definition) is 4. The lowest BCUT2D eigenvalue weighted by atomic mass is 10.5. The highest BCUT2D eigenvalue weighted by atomic mass is 32.2. The fourth-order valence-corrected chi connectivity index (χ4v) is 1.39. The van der Waals surface area contributed by atoms with Crippen molar-refractivity contribution in [2.24, 2.45) is 0 Å². The second kappa shape index (κ2) is 3.79. The van der Waals surface area contributed by atoms with Gasteiger partial charge in [-0.3, -0.25) is 0 Å². The molecule has 0 N–H and O–H groups in total. The lowest BCUT2D eigenvalue weighted by Crippen LogP contribution is -1.99. The van der Waals surface area contributed by atoms with Gasteiger partial charge in [0.2, 0.25) is 0 Å². The molecule has 2 heterocycles. The Bertz CT molecular complexity index is 421. The molecule has 0 aliphatic carbocycles. The lowest BCUT2D eigenvalue weighted by molar-refractivity contribution is 0.814. The highest BCUT2D eigenvalue weighted by Crippen LogP contribution is 2.10. The Morgan fingerprint density at radius 2 is 2.14 bits per heavy atom. The minimum atomic E-state index is 0.746. The number of rotatable bonds is 2. The van der Waals surface area contributed by atoms with Gasteiger partial charge in [0, 0.05) is 6.20 Å². The summed E-state index contributed by atoms with van der Waals surface area (Å²) < 4.78 is 1.71. The van der Waals surface area contributed by atoms with Crippen LogP contribution in [0.2, 0.25) is 0 Å². The normalized spacial score (nSPS) is 10.4. The van der Waals surface area contributed by atoms with Crippen LogP contribution >= 0.6 is 11.8 Å². The summed E-state index contributed by atoms with van der Waals surface area (Å²) in [5.74, 6) is 0.746. The Balaban J connectivity index is 2.33.